The lowest BCUT2D eigenvalue weighted by atomic mass is 9.79. The van der Waals surface area contributed by atoms with Gasteiger partial charge in [-0.3, -0.25) is 0 Å². The van der Waals surface area contributed by atoms with Crippen LogP contribution in [0.4, 0.5) is 5.69 Å². The molecule has 0 bridgehead atoms. The van der Waals surface area contributed by atoms with Gasteiger partial charge in [-0.2, -0.15) is 0 Å². The highest BCUT2D eigenvalue weighted by Crippen LogP contribution is 2.46. The normalized spacial score (nSPS) is 16.2. The molecule has 2 aliphatic rings. The summed E-state index contributed by atoms with van der Waals surface area (Å²) in [4.78, 5) is 2.57. The summed E-state index contributed by atoms with van der Waals surface area (Å²) in [5.74, 6) is 0. The van der Waals surface area contributed by atoms with Crippen LogP contribution in [0.2, 0.25) is 0 Å². The fourth-order valence-corrected chi connectivity index (χ4v) is 3.63. The van der Waals surface area contributed by atoms with Gasteiger partial charge in [-0.25, -0.2) is 0 Å². The van der Waals surface area contributed by atoms with Crippen LogP contribution in [0.1, 0.15) is 55.0 Å². The van der Waals surface area contributed by atoms with Crippen molar-refractivity contribution in [2.75, 3.05) is 11.4 Å². The Labute approximate surface area is 111 Å². The van der Waals surface area contributed by atoms with Crippen molar-refractivity contribution >= 4 is 11.3 Å². The van der Waals surface area contributed by atoms with Gasteiger partial charge in [-0.15, -0.1) is 0 Å². The van der Waals surface area contributed by atoms with Crippen LogP contribution in [0.15, 0.2) is 5.57 Å². The Bertz CT molecular complexity index is 560. The van der Waals surface area contributed by atoms with Crippen molar-refractivity contribution in [1.82, 2.24) is 0 Å². The molecule has 0 saturated heterocycles. The van der Waals surface area contributed by atoms with Gasteiger partial charge in [-0.05, 0) is 80.9 Å². The molecular formula is C17H23N. The summed E-state index contributed by atoms with van der Waals surface area (Å²) in [6, 6.07) is 0. The quantitative estimate of drug-likeness (QED) is 0.705. The lowest BCUT2D eigenvalue weighted by Crippen LogP contribution is -2.39. The van der Waals surface area contributed by atoms with Crippen molar-refractivity contribution in [1.29, 1.82) is 0 Å². The Kier molecular flexibility index (Phi) is 2.55. The van der Waals surface area contributed by atoms with Crippen molar-refractivity contribution in [3.05, 3.63) is 33.4 Å². The van der Waals surface area contributed by atoms with Crippen LogP contribution in [-0.2, 0) is 13.0 Å². The summed E-state index contributed by atoms with van der Waals surface area (Å²) < 4.78 is 0. The van der Waals surface area contributed by atoms with Gasteiger partial charge >= 0.3 is 0 Å². The van der Waals surface area contributed by atoms with E-state index in [9.17, 15) is 0 Å². The highest BCUT2D eigenvalue weighted by atomic mass is 15.2. The van der Waals surface area contributed by atoms with E-state index in [1.54, 1.807) is 16.8 Å². The van der Waals surface area contributed by atoms with Crippen molar-refractivity contribution in [2.24, 2.45) is 0 Å². The van der Waals surface area contributed by atoms with Gasteiger partial charge in [0.25, 0.3) is 0 Å². The summed E-state index contributed by atoms with van der Waals surface area (Å²) in [6.45, 7) is 13.8. The van der Waals surface area contributed by atoms with Crippen LogP contribution in [0, 0.1) is 13.8 Å². The topological polar surface area (TPSA) is 3.24 Å². The van der Waals surface area contributed by atoms with Crippen LogP contribution < -0.4 is 4.90 Å². The molecular weight excluding hydrogens is 218 g/mol. The molecule has 0 fully saturated rings. The summed E-state index contributed by atoms with van der Waals surface area (Å²) in [5, 5.41) is 0. The van der Waals surface area contributed by atoms with Gasteiger partial charge in [0.1, 0.15) is 0 Å². The van der Waals surface area contributed by atoms with E-state index in [0.717, 1.165) is 0 Å². The van der Waals surface area contributed by atoms with E-state index < -0.39 is 0 Å². The first kappa shape index (κ1) is 11.8. The number of nitrogens with zero attached hydrogens (tertiary/aromatic N) is 1. The van der Waals surface area contributed by atoms with Crippen LogP contribution >= 0.6 is 0 Å². The molecule has 0 aromatic heterocycles. The van der Waals surface area contributed by atoms with E-state index in [-0.39, 0.29) is 0 Å². The number of anilines is 1. The predicted molar refractivity (Wildman–Crippen MR) is 79.2 cm³/mol. The molecule has 0 spiro atoms. The Morgan fingerprint density at radius 1 is 1.00 bits per heavy atom. The third-order valence-corrected chi connectivity index (χ3v) is 4.87. The zero-order valence-electron chi connectivity index (χ0n) is 12.3. The average Bonchev–Trinajstić information content (AvgIpc) is 2.29. The van der Waals surface area contributed by atoms with Crippen molar-refractivity contribution in [3.63, 3.8) is 0 Å². The molecule has 0 radical (unpaired) electrons. The second-order valence-electron chi connectivity index (χ2n) is 6.08. The number of hydrogen-bond acceptors (Lipinski definition) is 1. The first-order chi connectivity index (χ1) is 8.52. The molecule has 0 amide bonds. The van der Waals surface area contributed by atoms with Gasteiger partial charge in [-0.1, -0.05) is 5.57 Å². The van der Waals surface area contributed by atoms with Crippen molar-refractivity contribution < 1.29 is 0 Å². The molecule has 3 rings (SSSR count). The maximum absolute atomic E-state index is 2.57. The number of hydrogen-bond donors (Lipinski definition) is 0. The Balaban J connectivity index is 2.30. The Morgan fingerprint density at radius 3 is 2.33 bits per heavy atom. The van der Waals surface area contributed by atoms with E-state index in [0.29, 0.717) is 0 Å². The van der Waals surface area contributed by atoms with E-state index in [1.807, 2.05) is 0 Å². The molecule has 1 aromatic carbocycles. The molecule has 0 atom stereocenters. The minimum atomic E-state index is 1.18. The highest BCUT2D eigenvalue weighted by Gasteiger charge is 2.33. The van der Waals surface area contributed by atoms with E-state index in [4.69, 9.17) is 0 Å². The summed E-state index contributed by atoms with van der Waals surface area (Å²) >= 11 is 0. The van der Waals surface area contributed by atoms with E-state index in [2.05, 4.69) is 39.5 Å². The monoisotopic (exact) mass is 241 g/mol. The largest absolute Gasteiger partial charge is 0.367 e. The summed E-state index contributed by atoms with van der Waals surface area (Å²) in [6.07, 6.45) is 2.59. The fraction of sp³-hybridized carbons (Fsp3) is 0.529. The summed E-state index contributed by atoms with van der Waals surface area (Å²) in [5.41, 5.74) is 12.4. The van der Waals surface area contributed by atoms with Crippen LogP contribution in [-0.4, -0.2) is 6.54 Å². The minimum absolute atomic E-state index is 1.18. The molecule has 96 valence electrons. The molecule has 1 nitrogen and oxygen atoms in total. The smallest absolute Gasteiger partial charge is 0.0458 e. The number of allylic oxidation sites excluding steroid dienone is 2. The average molecular weight is 241 g/mol. The minimum Gasteiger partial charge on any atom is -0.367 e. The molecule has 0 saturated carbocycles. The predicted octanol–water partition coefficient (Wildman–Crippen LogP) is 4.38. The van der Waals surface area contributed by atoms with Crippen LogP contribution in [0.5, 0.6) is 0 Å². The highest BCUT2D eigenvalue weighted by molar-refractivity contribution is 5.82. The van der Waals surface area contributed by atoms with Gasteiger partial charge in [0.05, 0.1) is 0 Å². The van der Waals surface area contributed by atoms with E-state index in [1.165, 1.54) is 53.8 Å². The molecule has 0 aliphatic carbocycles. The Hall–Kier alpha value is -1.24. The number of rotatable bonds is 1. The maximum Gasteiger partial charge on any atom is 0.0458 e. The van der Waals surface area contributed by atoms with E-state index >= 15 is 0 Å². The molecule has 1 aromatic rings. The molecule has 0 unspecified atom stereocenters. The second-order valence-corrected chi connectivity index (χ2v) is 6.08. The SMILES string of the molecule is CC(C)=C(C)c1c(C)c2c3c(c1C)CN3CCC2. The van der Waals surface area contributed by atoms with Crippen molar-refractivity contribution in [2.45, 2.75) is 54.0 Å². The molecule has 18 heavy (non-hydrogen) atoms. The Morgan fingerprint density at radius 2 is 1.67 bits per heavy atom. The van der Waals surface area contributed by atoms with Gasteiger partial charge in [0, 0.05) is 18.8 Å². The van der Waals surface area contributed by atoms with Gasteiger partial charge < -0.3 is 4.90 Å². The molecule has 1 heteroatoms. The standard InChI is InChI=1S/C17H23N/c1-10(2)11(3)16-12(4)14-7-6-8-18-9-15(13(16)5)17(14)18/h6-9H2,1-5H3. The van der Waals surface area contributed by atoms with Crippen LogP contribution in [0.3, 0.4) is 0 Å². The third-order valence-electron chi connectivity index (χ3n) is 4.87. The third kappa shape index (κ3) is 1.39. The zero-order chi connectivity index (χ0) is 13.0. The molecule has 2 heterocycles. The van der Waals surface area contributed by atoms with Crippen molar-refractivity contribution in [3.8, 4) is 0 Å². The first-order valence-corrected chi connectivity index (χ1v) is 7.06. The van der Waals surface area contributed by atoms with Gasteiger partial charge in [0.15, 0.2) is 0 Å². The zero-order valence-corrected chi connectivity index (χ0v) is 12.3. The molecule has 0 N–H and O–H groups in total. The van der Waals surface area contributed by atoms with Crippen LogP contribution in [0.25, 0.3) is 5.57 Å². The lowest BCUT2D eigenvalue weighted by molar-refractivity contribution is 0.637. The molecule has 2 aliphatic heterocycles. The first-order valence-electron chi connectivity index (χ1n) is 7.06. The summed E-state index contributed by atoms with van der Waals surface area (Å²) in [7, 11) is 0. The fourth-order valence-electron chi connectivity index (χ4n) is 3.63. The number of benzene rings is 1. The second kappa shape index (κ2) is 3.88. The lowest BCUT2D eigenvalue weighted by Gasteiger charge is -2.44. The maximum atomic E-state index is 2.57. The van der Waals surface area contributed by atoms with Gasteiger partial charge in [0.2, 0.25) is 0 Å².